The second-order valence-corrected chi connectivity index (χ2v) is 4.81. The first kappa shape index (κ1) is 13.1. The smallest absolute Gasteiger partial charge is 0.244 e. The first-order valence-electron chi connectivity index (χ1n) is 6.90. The second-order valence-electron chi connectivity index (χ2n) is 4.81. The fraction of sp³-hybridized carbons (Fsp3) is 0.533. The van der Waals surface area contributed by atoms with E-state index in [9.17, 15) is 4.79 Å². The molecule has 1 atom stereocenters. The lowest BCUT2D eigenvalue weighted by Gasteiger charge is -2.18. The molecule has 3 nitrogen and oxygen atoms in total. The lowest BCUT2D eigenvalue weighted by molar-refractivity contribution is -0.118. The molecule has 1 amide bonds. The maximum absolute atomic E-state index is 12.3. The van der Waals surface area contributed by atoms with Gasteiger partial charge in [-0.3, -0.25) is 4.79 Å². The van der Waals surface area contributed by atoms with Crippen LogP contribution in [0.2, 0.25) is 0 Å². The minimum absolute atomic E-state index is 0.00947. The van der Waals surface area contributed by atoms with Crippen molar-refractivity contribution in [3.8, 4) is 0 Å². The summed E-state index contributed by atoms with van der Waals surface area (Å²) < 4.78 is 0. The second kappa shape index (κ2) is 6.01. The van der Waals surface area contributed by atoms with Crippen LogP contribution in [0.15, 0.2) is 24.3 Å². The zero-order valence-corrected chi connectivity index (χ0v) is 11.3. The Hall–Kier alpha value is -1.35. The molecule has 1 saturated heterocycles. The number of carbonyl (C=O) groups excluding carboxylic acids is 1. The van der Waals surface area contributed by atoms with Crippen molar-refractivity contribution in [3.63, 3.8) is 0 Å². The van der Waals surface area contributed by atoms with E-state index in [2.05, 4.69) is 31.3 Å². The molecule has 0 radical (unpaired) electrons. The van der Waals surface area contributed by atoms with Gasteiger partial charge in [-0.25, -0.2) is 0 Å². The average molecular weight is 246 g/mol. The van der Waals surface area contributed by atoms with Crippen LogP contribution in [0.25, 0.3) is 0 Å². The minimum atomic E-state index is 0.00947. The van der Waals surface area contributed by atoms with E-state index in [-0.39, 0.29) is 11.9 Å². The van der Waals surface area contributed by atoms with Crippen molar-refractivity contribution < 1.29 is 4.79 Å². The zero-order valence-electron chi connectivity index (χ0n) is 11.3. The highest BCUT2D eigenvalue weighted by Crippen LogP contribution is 2.22. The van der Waals surface area contributed by atoms with Gasteiger partial charge in [0.05, 0.1) is 6.04 Å². The molecular weight excluding hydrogens is 224 g/mol. The third-order valence-electron chi connectivity index (χ3n) is 3.48. The highest BCUT2D eigenvalue weighted by molar-refractivity contribution is 5.99. The van der Waals surface area contributed by atoms with E-state index in [1.807, 2.05) is 17.0 Å². The molecule has 0 spiro atoms. The Morgan fingerprint density at radius 1 is 1.39 bits per heavy atom. The number of nitrogens with one attached hydrogen (secondary N) is 1. The van der Waals surface area contributed by atoms with Gasteiger partial charge in [0.2, 0.25) is 5.91 Å². The van der Waals surface area contributed by atoms with Crippen molar-refractivity contribution in [2.75, 3.05) is 18.0 Å². The van der Waals surface area contributed by atoms with Gasteiger partial charge < -0.3 is 10.2 Å². The number of rotatable bonds is 5. The number of amides is 1. The lowest BCUT2D eigenvalue weighted by atomic mass is 10.1. The maximum Gasteiger partial charge on any atom is 0.244 e. The van der Waals surface area contributed by atoms with E-state index in [0.29, 0.717) is 0 Å². The van der Waals surface area contributed by atoms with Crippen LogP contribution in [-0.4, -0.2) is 25.0 Å². The van der Waals surface area contributed by atoms with E-state index in [1.54, 1.807) is 0 Å². The molecule has 0 saturated carbocycles. The number of aryl methyl sites for hydroxylation is 1. The van der Waals surface area contributed by atoms with Crippen molar-refractivity contribution in [2.45, 2.75) is 39.2 Å². The summed E-state index contributed by atoms with van der Waals surface area (Å²) in [6, 6.07) is 8.31. The molecule has 1 heterocycles. The van der Waals surface area contributed by atoms with E-state index in [0.717, 1.165) is 38.0 Å². The summed E-state index contributed by atoms with van der Waals surface area (Å²) in [5, 5.41) is 3.32. The van der Waals surface area contributed by atoms with E-state index >= 15 is 0 Å². The summed E-state index contributed by atoms with van der Waals surface area (Å²) in [6.45, 7) is 6.00. The molecule has 1 aliphatic heterocycles. The largest absolute Gasteiger partial charge is 0.311 e. The van der Waals surface area contributed by atoms with Crippen LogP contribution >= 0.6 is 0 Å². The Morgan fingerprint density at radius 2 is 2.22 bits per heavy atom. The molecule has 0 aromatic heterocycles. The van der Waals surface area contributed by atoms with Gasteiger partial charge in [-0.05, 0) is 43.5 Å². The molecule has 1 unspecified atom stereocenters. The molecule has 1 aromatic rings. The van der Waals surface area contributed by atoms with Crippen molar-refractivity contribution >= 4 is 11.6 Å². The van der Waals surface area contributed by atoms with Gasteiger partial charge in [0.25, 0.3) is 0 Å². The average Bonchev–Trinajstić information content (AvgIpc) is 2.78. The normalized spacial score (nSPS) is 19.6. The number of carbonyl (C=O) groups is 1. The molecule has 0 bridgehead atoms. The van der Waals surface area contributed by atoms with E-state index in [1.165, 1.54) is 5.56 Å². The van der Waals surface area contributed by atoms with Crippen LogP contribution in [0.4, 0.5) is 5.69 Å². The molecule has 1 N–H and O–H groups in total. The van der Waals surface area contributed by atoms with Gasteiger partial charge in [0.15, 0.2) is 0 Å². The Bertz CT molecular complexity index is 417. The van der Waals surface area contributed by atoms with Crippen LogP contribution in [0, 0.1) is 0 Å². The summed E-state index contributed by atoms with van der Waals surface area (Å²) >= 11 is 0. The van der Waals surface area contributed by atoms with Gasteiger partial charge in [-0.1, -0.05) is 26.0 Å². The fourth-order valence-electron chi connectivity index (χ4n) is 2.39. The third-order valence-corrected chi connectivity index (χ3v) is 3.48. The van der Waals surface area contributed by atoms with Gasteiger partial charge in [0.1, 0.15) is 0 Å². The number of benzene rings is 1. The first-order valence-corrected chi connectivity index (χ1v) is 6.90. The maximum atomic E-state index is 12.3. The number of nitrogens with zero attached hydrogens (tertiary/aromatic N) is 1. The highest BCUT2D eigenvalue weighted by atomic mass is 16.2. The van der Waals surface area contributed by atoms with E-state index < -0.39 is 0 Å². The quantitative estimate of drug-likeness (QED) is 0.865. The van der Waals surface area contributed by atoms with Crippen molar-refractivity contribution in [1.82, 2.24) is 5.32 Å². The fourth-order valence-corrected chi connectivity index (χ4v) is 2.39. The SMILES string of the molecule is CCCNC1CCN(c2cccc(CC)c2)C1=O. The number of hydrogen-bond donors (Lipinski definition) is 1. The highest BCUT2D eigenvalue weighted by Gasteiger charge is 2.31. The predicted molar refractivity (Wildman–Crippen MR) is 74.9 cm³/mol. The Kier molecular flexibility index (Phi) is 4.37. The molecule has 2 rings (SSSR count). The first-order chi connectivity index (χ1) is 8.76. The third kappa shape index (κ3) is 2.72. The number of hydrogen-bond acceptors (Lipinski definition) is 2. The van der Waals surface area contributed by atoms with Gasteiger partial charge in [-0.2, -0.15) is 0 Å². The molecule has 98 valence electrons. The van der Waals surface area contributed by atoms with Crippen LogP contribution in [0.3, 0.4) is 0 Å². The Balaban J connectivity index is 2.08. The van der Waals surface area contributed by atoms with Crippen molar-refractivity contribution in [1.29, 1.82) is 0 Å². The topological polar surface area (TPSA) is 32.3 Å². The molecule has 1 aliphatic rings. The minimum Gasteiger partial charge on any atom is -0.311 e. The standard InChI is InChI=1S/C15H22N2O/c1-3-9-16-14-8-10-17(15(14)18)13-7-5-6-12(4-2)11-13/h5-7,11,14,16H,3-4,8-10H2,1-2H3. The monoisotopic (exact) mass is 246 g/mol. The van der Waals surface area contributed by atoms with Crippen LogP contribution in [0.5, 0.6) is 0 Å². The van der Waals surface area contributed by atoms with Crippen LogP contribution in [0.1, 0.15) is 32.3 Å². The van der Waals surface area contributed by atoms with Crippen LogP contribution < -0.4 is 10.2 Å². The molecular formula is C15H22N2O. The summed E-state index contributed by atoms with van der Waals surface area (Å²) in [7, 11) is 0. The molecule has 3 heteroatoms. The van der Waals surface area contributed by atoms with Crippen molar-refractivity contribution in [3.05, 3.63) is 29.8 Å². The predicted octanol–water partition coefficient (Wildman–Crippen LogP) is 2.35. The summed E-state index contributed by atoms with van der Waals surface area (Å²) in [5.41, 5.74) is 2.32. The van der Waals surface area contributed by atoms with Crippen molar-refractivity contribution in [2.24, 2.45) is 0 Å². The summed E-state index contributed by atoms with van der Waals surface area (Å²) in [5.74, 6) is 0.219. The van der Waals surface area contributed by atoms with Gasteiger partial charge >= 0.3 is 0 Å². The number of anilines is 1. The van der Waals surface area contributed by atoms with E-state index in [4.69, 9.17) is 0 Å². The molecule has 1 fully saturated rings. The van der Waals surface area contributed by atoms with Gasteiger partial charge in [-0.15, -0.1) is 0 Å². The Morgan fingerprint density at radius 3 is 2.94 bits per heavy atom. The zero-order chi connectivity index (χ0) is 13.0. The van der Waals surface area contributed by atoms with Gasteiger partial charge in [0, 0.05) is 12.2 Å². The molecule has 18 heavy (non-hydrogen) atoms. The molecule has 0 aliphatic carbocycles. The molecule has 1 aromatic carbocycles. The summed E-state index contributed by atoms with van der Waals surface area (Å²) in [4.78, 5) is 14.2. The summed E-state index contributed by atoms with van der Waals surface area (Å²) in [6.07, 6.45) is 2.98. The Labute approximate surface area is 109 Å². The lowest BCUT2D eigenvalue weighted by Crippen LogP contribution is -2.38. The van der Waals surface area contributed by atoms with Crippen LogP contribution in [-0.2, 0) is 11.2 Å².